The zero-order chi connectivity index (χ0) is 21.7. The normalized spacial score (nSPS) is 14.6. The van der Waals surface area contributed by atoms with Crippen molar-refractivity contribution in [3.05, 3.63) is 65.5 Å². The molecule has 2 aromatic rings. The van der Waals surface area contributed by atoms with Gasteiger partial charge in [-0.25, -0.2) is 4.98 Å². The minimum atomic E-state index is -4.49. The summed E-state index contributed by atoms with van der Waals surface area (Å²) in [6.45, 7) is -1.06. The summed E-state index contributed by atoms with van der Waals surface area (Å²) in [4.78, 5) is 17.6. The monoisotopic (exact) mass is 435 g/mol. The van der Waals surface area contributed by atoms with Crippen LogP contribution in [0.5, 0.6) is 0 Å². The van der Waals surface area contributed by atoms with Crippen LogP contribution in [0.25, 0.3) is 0 Å². The van der Waals surface area contributed by atoms with E-state index in [4.69, 9.17) is 18.0 Å². The molecule has 0 bridgehead atoms. The zero-order valence-corrected chi connectivity index (χ0v) is 16.7. The van der Waals surface area contributed by atoms with Crippen molar-refractivity contribution in [2.24, 2.45) is 0 Å². The van der Waals surface area contributed by atoms with Gasteiger partial charge in [0.25, 0.3) is 5.91 Å². The van der Waals surface area contributed by atoms with Gasteiger partial charge >= 0.3 is 6.18 Å². The average Bonchev–Trinajstić information content (AvgIpc) is 2.68. The Bertz CT molecular complexity index is 962. The number of halogens is 3. The molecule has 0 radical (unpaired) electrons. The predicted octanol–water partition coefficient (Wildman–Crippen LogP) is 3.24. The molecule has 1 aromatic carbocycles. The maximum Gasteiger partial charge on any atom is 0.406 e. The number of amides is 1. The number of anilines is 2. The van der Waals surface area contributed by atoms with E-state index in [9.17, 15) is 18.0 Å². The number of carbonyl (C=O) groups excluding carboxylic acids is 1. The van der Waals surface area contributed by atoms with Gasteiger partial charge in [-0.15, -0.1) is 0 Å². The van der Waals surface area contributed by atoms with Crippen molar-refractivity contribution in [3.63, 3.8) is 0 Å². The fourth-order valence-electron chi connectivity index (χ4n) is 3.07. The Balaban J connectivity index is 1.86. The minimum Gasteiger partial charge on any atom is -0.384 e. The van der Waals surface area contributed by atoms with Crippen molar-refractivity contribution >= 4 is 34.6 Å². The quantitative estimate of drug-likeness (QED) is 0.605. The van der Waals surface area contributed by atoms with Crippen molar-refractivity contribution in [3.8, 4) is 0 Å². The lowest BCUT2D eigenvalue weighted by molar-refractivity contribution is -0.159. The molecule has 1 aliphatic rings. The second kappa shape index (κ2) is 9.12. The predicted molar refractivity (Wildman–Crippen MR) is 112 cm³/mol. The fraction of sp³-hybridized carbons (Fsp3) is 0.250. The van der Waals surface area contributed by atoms with Gasteiger partial charge in [-0.2, -0.15) is 13.2 Å². The number of hydrogen-bond donors (Lipinski definition) is 3. The molecule has 0 atom stereocenters. The molecule has 30 heavy (non-hydrogen) atoms. The van der Waals surface area contributed by atoms with Crippen LogP contribution in [0.3, 0.4) is 0 Å². The Labute approximate surface area is 177 Å². The Morgan fingerprint density at radius 3 is 2.63 bits per heavy atom. The number of hydrogen-bond acceptors (Lipinski definition) is 5. The van der Waals surface area contributed by atoms with Gasteiger partial charge in [0.15, 0.2) is 0 Å². The third kappa shape index (κ3) is 5.69. The Morgan fingerprint density at radius 1 is 1.23 bits per heavy atom. The van der Waals surface area contributed by atoms with Crippen LogP contribution in [0.15, 0.2) is 59.9 Å². The molecular weight excluding hydrogens is 415 g/mol. The minimum absolute atomic E-state index is 0.0337. The summed E-state index contributed by atoms with van der Waals surface area (Å²) in [5.41, 5.74) is 7.66. The molecule has 0 fully saturated rings. The van der Waals surface area contributed by atoms with Crippen LogP contribution in [0, 0.1) is 0 Å². The van der Waals surface area contributed by atoms with Gasteiger partial charge in [-0.1, -0.05) is 30.4 Å². The number of thiocarbonyl (C=S) groups is 1. The van der Waals surface area contributed by atoms with Crippen molar-refractivity contribution in [1.82, 2.24) is 15.2 Å². The van der Waals surface area contributed by atoms with Crippen molar-refractivity contribution in [2.75, 3.05) is 24.1 Å². The van der Waals surface area contributed by atoms with Gasteiger partial charge in [-0.3, -0.25) is 4.79 Å². The number of nitrogen functional groups attached to an aromatic ring is 1. The van der Waals surface area contributed by atoms with Gasteiger partial charge in [0, 0.05) is 37.1 Å². The van der Waals surface area contributed by atoms with Gasteiger partial charge in [-0.05, 0) is 29.8 Å². The van der Waals surface area contributed by atoms with Crippen LogP contribution in [0.1, 0.15) is 12.0 Å². The lowest BCUT2D eigenvalue weighted by atomic mass is 10.0. The molecule has 0 unspecified atom stereocenters. The maximum absolute atomic E-state index is 12.9. The highest BCUT2D eigenvalue weighted by Crippen LogP contribution is 2.25. The van der Waals surface area contributed by atoms with E-state index in [0.717, 1.165) is 10.5 Å². The van der Waals surface area contributed by atoms with E-state index < -0.39 is 18.6 Å². The topological polar surface area (TPSA) is 83.3 Å². The second-order valence-corrected chi connectivity index (χ2v) is 7.12. The first kappa shape index (κ1) is 21.6. The summed E-state index contributed by atoms with van der Waals surface area (Å²) in [6.07, 6.45) is -2.72. The molecule has 4 N–H and O–H groups in total. The number of rotatable bonds is 6. The molecule has 3 rings (SSSR count). The molecular formula is C20H20F3N5OS. The zero-order valence-electron chi connectivity index (χ0n) is 15.9. The standard InChI is InChI=1S/C20H20F3N5OS/c21-20(22,23)12-28-9-7-15(26-11-13-6-8-25-16(24)10-13)17(19(28)29)18(30)27-14-4-2-1-3-5-14/h1-6,8,10,26H,7,9,11-12H2,(H2,24,25)(H,27,30). The van der Waals surface area contributed by atoms with Crippen LogP contribution >= 0.6 is 12.2 Å². The van der Waals surface area contributed by atoms with Crippen molar-refractivity contribution in [1.29, 1.82) is 0 Å². The SMILES string of the molecule is Nc1cc(CNC2=C(C(=S)Nc3ccccc3)C(=O)N(CC(F)(F)F)CC2)ccn1. The van der Waals surface area contributed by atoms with Gasteiger partial charge in [0.2, 0.25) is 0 Å². The van der Waals surface area contributed by atoms with Crippen LogP contribution in [-0.4, -0.2) is 40.0 Å². The van der Waals surface area contributed by atoms with E-state index in [1.807, 2.05) is 6.07 Å². The highest BCUT2D eigenvalue weighted by atomic mass is 32.1. The lowest BCUT2D eigenvalue weighted by Crippen LogP contribution is -2.46. The Kier molecular flexibility index (Phi) is 6.56. The smallest absolute Gasteiger partial charge is 0.384 e. The maximum atomic E-state index is 12.9. The molecule has 6 nitrogen and oxygen atoms in total. The molecule has 1 amide bonds. The van der Waals surface area contributed by atoms with Crippen LogP contribution in [-0.2, 0) is 11.3 Å². The number of pyridine rings is 1. The number of nitrogens with one attached hydrogen (secondary N) is 2. The molecule has 0 aliphatic carbocycles. The fourth-order valence-corrected chi connectivity index (χ4v) is 3.40. The lowest BCUT2D eigenvalue weighted by Gasteiger charge is -2.32. The van der Waals surface area contributed by atoms with Crippen molar-refractivity contribution in [2.45, 2.75) is 19.1 Å². The van der Waals surface area contributed by atoms with Gasteiger partial charge in [0.1, 0.15) is 17.4 Å². The van der Waals surface area contributed by atoms with Gasteiger partial charge in [0.05, 0.1) is 5.57 Å². The first-order chi connectivity index (χ1) is 14.2. The number of aromatic nitrogens is 1. The number of alkyl halides is 3. The molecule has 10 heteroatoms. The third-order valence-corrected chi connectivity index (χ3v) is 4.72. The molecule has 1 aromatic heterocycles. The second-order valence-electron chi connectivity index (χ2n) is 6.71. The largest absolute Gasteiger partial charge is 0.406 e. The molecule has 0 saturated carbocycles. The molecule has 2 heterocycles. The van der Waals surface area contributed by atoms with E-state index in [2.05, 4.69) is 15.6 Å². The summed E-state index contributed by atoms with van der Waals surface area (Å²) in [7, 11) is 0. The molecule has 158 valence electrons. The summed E-state index contributed by atoms with van der Waals surface area (Å²) in [6, 6.07) is 12.3. The number of carbonyl (C=O) groups is 1. The van der Waals surface area contributed by atoms with E-state index in [1.165, 1.54) is 0 Å². The highest BCUT2D eigenvalue weighted by molar-refractivity contribution is 7.81. The van der Waals surface area contributed by atoms with E-state index in [1.54, 1.807) is 42.6 Å². The van der Waals surface area contributed by atoms with E-state index in [-0.39, 0.29) is 23.5 Å². The summed E-state index contributed by atoms with van der Waals surface area (Å²) in [5.74, 6) is -0.412. The molecule has 1 aliphatic heterocycles. The molecule has 0 saturated heterocycles. The molecule has 0 spiro atoms. The first-order valence-electron chi connectivity index (χ1n) is 9.13. The summed E-state index contributed by atoms with van der Waals surface area (Å²) in [5, 5.41) is 6.07. The summed E-state index contributed by atoms with van der Waals surface area (Å²) < 4.78 is 38.7. The number of para-hydroxylation sites is 1. The number of nitrogens with zero attached hydrogens (tertiary/aromatic N) is 2. The van der Waals surface area contributed by atoms with Crippen LogP contribution in [0.2, 0.25) is 0 Å². The highest BCUT2D eigenvalue weighted by Gasteiger charge is 2.37. The Hall–Kier alpha value is -3.14. The third-order valence-electron chi connectivity index (χ3n) is 4.41. The summed E-state index contributed by atoms with van der Waals surface area (Å²) >= 11 is 5.39. The van der Waals surface area contributed by atoms with E-state index in [0.29, 0.717) is 23.7 Å². The van der Waals surface area contributed by atoms with Gasteiger partial charge < -0.3 is 21.3 Å². The van der Waals surface area contributed by atoms with E-state index >= 15 is 0 Å². The Morgan fingerprint density at radius 2 is 1.97 bits per heavy atom. The first-order valence-corrected chi connectivity index (χ1v) is 9.53. The van der Waals surface area contributed by atoms with Crippen LogP contribution < -0.4 is 16.4 Å². The average molecular weight is 435 g/mol. The van der Waals surface area contributed by atoms with Crippen molar-refractivity contribution < 1.29 is 18.0 Å². The van der Waals surface area contributed by atoms with Crippen LogP contribution in [0.4, 0.5) is 24.7 Å². The number of nitrogens with two attached hydrogens (primary N) is 1. The number of benzene rings is 1.